The molecule has 0 unspecified atom stereocenters. The third-order valence-electron chi connectivity index (χ3n) is 3.97. The first-order chi connectivity index (χ1) is 14.1. The molecule has 2 rings (SSSR count). The van der Waals surface area contributed by atoms with Crippen molar-refractivity contribution < 1.29 is 32.3 Å². The number of rotatable bonds is 9. The summed E-state index contributed by atoms with van der Waals surface area (Å²) in [5.74, 6) is -0.796. The molecule has 0 saturated carbocycles. The Hall–Kier alpha value is -3.24. The number of methoxy groups -OCH3 is 1. The molecule has 2 aromatic carbocycles. The van der Waals surface area contributed by atoms with Crippen LogP contribution in [-0.2, 0) is 31.0 Å². The predicted molar refractivity (Wildman–Crippen MR) is 109 cm³/mol. The molecule has 10 heteroatoms. The highest BCUT2D eigenvalue weighted by Crippen LogP contribution is 2.21. The van der Waals surface area contributed by atoms with E-state index in [0.717, 1.165) is 0 Å². The topological polar surface area (TPSA) is 128 Å². The molecule has 0 spiro atoms. The Labute approximate surface area is 174 Å². The smallest absolute Gasteiger partial charge is 0.321 e. The third kappa shape index (κ3) is 6.39. The van der Waals surface area contributed by atoms with Crippen LogP contribution in [-0.4, -0.2) is 39.7 Å². The van der Waals surface area contributed by atoms with Crippen LogP contribution >= 0.6 is 0 Å². The molecule has 0 aliphatic carbocycles. The molecule has 0 aliphatic heterocycles. The van der Waals surface area contributed by atoms with E-state index < -0.39 is 22.5 Å². The Morgan fingerprint density at radius 3 is 2.23 bits per heavy atom. The number of Topliss-reactive ketones (excluding diaryl/α,β-unsaturated/α-hetero) is 1. The fraction of sp³-hybridized carbons (Fsp3) is 0.250. The lowest BCUT2D eigenvalue weighted by molar-refractivity contribution is -0.143. The normalized spacial score (nSPS) is 10.9. The summed E-state index contributed by atoms with van der Waals surface area (Å²) in [5, 5.41) is 2.53. The van der Waals surface area contributed by atoms with Gasteiger partial charge in [-0.25, -0.2) is 8.42 Å². The standard InChI is InChI=1S/C20H22N2O7S/c1-13(23)15-4-9-19(28-3)16(10-15)12-29-20(25)11-21-30(26,27)18-7-5-17(6-8-18)22-14(2)24/h4-10,21H,11-12H2,1-3H3,(H,22,24). The summed E-state index contributed by atoms with van der Waals surface area (Å²) in [7, 11) is -2.50. The number of benzene rings is 2. The zero-order chi connectivity index (χ0) is 22.3. The number of carbonyl (C=O) groups is 3. The SMILES string of the molecule is COc1ccc(C(C)=O)cc1COC(=O)CNS(=O)(=O)c1ccc(NC(C)=O)cc1. The zero-order valence-electron chi connectivity index (χ0n) is 16.7. The van der Waals surface area contributed by atoms with Crippen LogP contribution in [0, 0.1) is 0 Å². The summed E-state index contributed by atoms with van der Waals surface area (Å²) in [4.78, 5) is 34.4. The van der Waals surface area contributed by atoms with Gasteiger partial charge >= 0.3 is 5.97 Å². The van der Waals surface area contributed by atoms with Crippen LogP contribution in [0.3, 0.4) is 0 Å². The van der Waals surface area contributed by atoms with Crippen molar-refractivity contribution in [2.45, 2.75) is 25.3 Å². The van der Waals surface area contributed by atoms with E-state index >= 15 is 0 Å². The first-order valence-electron chi connectivity index (χ1n) is 8.83. The molecule has 0 atom stereocenters. The van der Waals surface area contributed by atoms with Crippen molar-refractivity contribution in [3.63, 3.8) is 0 Å². The van der Waals surface area contributed by atoms with E-state index in [2.05, 4.69) is 10.0 Å². The first-order valence-corrected chi connectivity index (χ1v) is 10.3. The van der Waals surface area contributed by atoms with Crippen LogP contribution in [0.15, 0.2) is 47.4 Å². The lowest BCUT2D eigenvalue weighted by Gasteiger charge is -2.11. The second-order valence-electron chi connectivity index (χ2n) is 6.27. The third-order valence-corrected chi connectivity index (χ3v) is 5.38. The van der Waals surface area contributed by atoms with Gasteiger partial charge in [-0.15, -0.1) is 0 Å². The van der Waals surface area contributed by atoms with E-state index in [1.807, 2.05) is 0 Å². The molecule has 0 aromatic heterocycles. The van der Waals surface area contributed by atoms with E-state index in [4.69, 9.17) is 9.47 Å². The van der Waals surface area contributed by atoms with E-state index in [1.54, 1.807) is 18.2 Å². The lowest BCUT2D eigenvalue weighted by atomic mass is 10.1. The van der Waals surface area contributed by atoms with Gasteiger partial charge in [-0.1, -0.05) is 0 Å². The highest BCUT2D eigenvalue weighted by atomic mass is 32.2. The minimum absolute atomic E-state index is 0.0692. The van der Waals surface area contributed by atoms with Crippen molar-refractivity contribution in [1.82, 2.24) is 4.72 Å². The highest BCUT2D eigenvalue weighted by Gasteiger charge is 2.17. The minimum Gasteiger partial charge on any atom is -0.496 e. The van der Waals surface area contributed by atoms with Gasteiger partial charge in [-0.2, -0.15) is 4.72 Å². The quantitative estimate of drug-likeness (QED) is 0.455. The zero-order valence-corrected chi connectivity index (χ0v) is 17.5. The molecule has 2 aromatic rings. The van der Waals surface area contributed by atoms with Crippen molar-refractivity contribution in [3.8, 4) is 5.75 Å². The molecule has 0 saturated heterocycles. The number of esters is 1. The Morgan fingerprint density at radius 2 is 1.67 bits per heavy atom. The summed E-state index contributed by atoms with van der Waals surface area (Å²) in [6.07, 6.45) is 0. The molecule has 160 valence electrons. The Bertz CT molecular complexity index is 1050. The molecule has 1 amide bonds. The summed E-state index contributed by atoms with van der Waals surface area (Å²) >= 11 is 0. The number of sulfonamides is 1. The van der Waals surface area contributed by atoms with E-state index in [0.29, 0.717) is 22.6 Å². The second kappa shape index (κ2) is 9.99. The maximum atomic E-state index is 12.3. The number of ketones is 1. The van der Waals surface area contributed by atoms with Gasteiger partial charge in [0.05, 0.1) is 12.0 Å². The van der Waals surface area contributed by atoms with E-state index in [9.17, 15) is 22.8 Å². The highest BCUT2D eigenvalue weighted by molar-refractivity contribution is 7.89. The van der Waals surface area contributed by atoms with Gasteiger partial charge in [-0.3, -0.25) is 14.4 Å². The number of nitrogens with one attached hydrogen (secondary N) is 2. The largest absolute Gasteiger partial charge is 0.496 e. The van der Waals surface area contributed by atoms with Crippen molar-refractivity contribution >= 4 is 33.4 Å². The molecular weight excluding hydrogens is 412 g/mol. The number of ether oxygens (including phenoxy) is 2. The Balaban J connectivity index is 1.96. The van der Waals surface area contributed by atoms with Gasteiger partial charge in [0.1, 0.15) is 18.9 Å². The number of carbonyl (C=O) groups excluding carboxylic acids is 3. The number of hydrogen-bond donors (Lipinski definition) is 2. The monoisotopic (exact) mass is 434 g/mol. The van der Waals surface area contributed by atoms with Gasteiger partial charge in [0.15, 0.2) is 5.78 Å². The van der Waals surface area contributed by atoms with Crippen LogP contribution in [0.5, 0.6) is 5.75 Å². The summed E-state index contributed by atoms with van der Waals surface area (Å²) in [5.41, 5.74) is 1.36. The van der Waals surface area contributed by atoms with Crippen molar-refractivity contribution in [2.75, 3.05) is 19.0 Å². The van der Waals surface area contributed by atoms with Gasteiger partial charge in [0.25, 0.3) is 0 Å². The van der Waals surface area contributed by atoms with Crippen LogP contribution < -0.4 is 14.8 Å². The van der Waals surface area contributed by atoms with Gasteiger partial charge < -0.3 is 14.8 Å². The van der Waals surface area contributed by atoms with E-state index in [1.165, 1.54) is 45.2 Å². The molecule has 0 bridgehead atoms. The molecule has 0 aliphatic rings. The molecule has 9 nitrogen and oxygen atoms in total. The molecule has 0 radical (unpaired) electrons. The maximum Gasteiger partial charge on any atom is 0.321 e. The fourth-order valence-electron chi connectivity index (χ4n) is 2.48. The minimum atomic E-state index is -3.95. The first kappa shape index (κ1) is 23.0. The second-order valence-corrected chi connectivity index (χ2v) is 8.04. The van der Waals surface area contributed by atoms with Gasteiger partial charge in [0.2, 0.25) is 15.9 Å². The van der Waals surface area contributed by atoms with Gasteiger partial charge in [0, 0.05) is 23.7 Å². The summed E-state index contributed by atoms with van der Waals surface area (Å²) < 4.78 is 37.0. The number of amides is 1. The summed E-state index contributed by atoms with van der Waals surface area (Å²) in [6.45, 7) is 1.99. The molecule has 0 heterocycles. The molecule has 2 N–H and O–H groups in total. The van der Waals surface area contributed by atoms with Crippen molar-refractivity contribution in [3.05, 3.63) is 53.6 Å². The van der Waals surface area contributed by atoms with Crippen LogP contribution in [0.1, 0.15) is 29.8 Å². The van der Waals surface area contributed by atoms with Gasteiger partial charge in [-0.05, 0) is 49.4 Å². The predicted octanol–water partition coefficient (Wildman–Crippen LogP) is 1.88. The Kier molecular flexibility index (Phi) is 7.67. The Morgan fingerprint density at radius 1 is 1.00 bits per heavy atom. The van der Waals surface area contributed by atoms with Crippen LogP contribution in [0.2, 0.25) is 0 Å². The average Bonchev–Trinajstić information content (AvgIpc) is 2.70. The van der Waals surface area contributed by atoms with Crippen LogP contribution in [0.25, 0.3) is 0 Å². The lowest BCUT2D eigenvalue weighted by Crippen LogP contribution is -2.30. The molecule has 0 fully saturated rings. The molecule has 30 heavy (non-hydrogen) atoms. The molecular formula is C20H22N2O7S. The number of hydrogen-bond acceptors (Lipinski definition) is 7. The fourth-order valence-corrected chi connectivity index (χ4v) is 3.45. The average molecular weight is 434 g/mol. The maximum absolute atomic E-state index is 12.3. The van der Waals surface area contributed by atoms with E-state index in [-0.39, 0.29) is 23.2 Å². The summed E-state index contributed by atoms with van der Waals surface area (Å²) in [6, 6.07) is 10.2. The number of anilines is 1. The van der Waals surface area contributed by atoms with Crippen LogP contribution in [0.4, 0.5) is 5.69 Å². The van der Waals surface area contributed by atoms with Crippen molar-refractivity contribution in [2.24, 2.45) is 0 Å². The van der Waals surface area contributed by atoms with Crippen molar-refractivity contribution in [1.29, 1.82) is 0 Å².